The number of carbonyl (C=O) groups excluding carboxylic acids is 1. The van der Waals surface area contributed by atoms with Gasteiger partial charge in [0.25, 0.3) is 5.91 Å². The van der Waals surface area contributed by atoms with Gasteiger partial charge in [-0.2, -0.15) is 5.26 Å². The molecule has 0 bridgehead atoms. The van der Waals surface area contributed by atoms with Crippen LogP contribution in [0.4, 0.5) is 5.69 Å². The van der Waals surface area contributed by atoms with Crippen molar-refractivity contribution in [3.8, 4) is 6.07 Å². The Morgan fingerprint density at radius 1 is 1.24 bits per heavy atom. The molecule has 0 aliphatic rings. The quantitative estimate of drug-likeness (QED) is 0.682. The average molecular weight is 297 g/mol. The highest BCUT2D eigenvalue weighted by Gasteiger charge is 2.10. The second-order valence-corrected chi connectivity index (χ2v) is 4.93. The van der Waals surface area contributed by atoms with Crippen LogP contribution in [-0.4, -0.2) is 5.91 Å². The van der Waals surface area contributed by atoms with Crippen molar-refractivity contribution in [2.45, 2.75) is 6.92 Å². The lowest BCUT2D eigenvalue weighted by molar-refractivity contribution is -0.112. The van der Waals surface area contributed by atoms with Crippen molar-refractivity contribution in [1.29, 1.82) is 5.26 Å². The first-order valence-corrected chi connectivity index (χ1v) is 6.72. The minimum Gasteiger partial charge on any atom is -0.321 e. The molecular weight excluding hydrogens is 284 g/mol. The number of nitriles is 1. The van der Waals surface area contributed by atoms with E-state index in [1.54, 1.807) is 30.3 Å². The van der Waals surface area contributed by atoms with Crippen LogP contribution >= 0.6 is 11.6 Å². The SMILES string of the molecule is Cc1ccccc1/C=C(\C#N)C(=O)Nc1cccc(Cl)c1. The highest BCUT2D eigenvalue weighted by Crippen LogP contribution is 2.17. The maximum atomic E-state index is 12.1. The molecule has 0 saturated heterocycles. The number of anilines is 1. The Morgan fingerprint density at radius 3 is 2.67 bits per heavy atom. The van der Waals surface area contributed by atoms with Crippen LogP contribution in [0.5, 0.6) is 0 Å². The van der Waals surface area contributed by atoms with Crippen molar-refractivity contribution >= 4 is 29.3 Å². The van der Waals surface area contributed by atoms with E-state index >= 15 is 0 Å². The molecule has 0 radical (unpaired) electrons. The molecule has 1 N–H and O–H groups in total. The van der Waals surface area contributed by atoms with E-state index in [9.17, 15) is 10.1 Å². The second kappa shape index (κ2) is 6.74. The molecule has 0 fully saturated rings. The fourth-order valence-electron chi connectivity index (χ4n) is 1.82. The molecule has 104 valence electrons. The summed E-state index contributed by atoms with van der Waals surface area (Å²) in [7, 11) is 0. The first-order chi connectivity index (χ1) is 10.1. The Balaban J connectivity index is 2.24. The summed E-state index contributed by atoms with van der Waals surface area (Å²) >= 11 is 5.86. The number of aryl methyl sites for hydroxylation is 1. The Morgan fingerprint density at radius 2 is 2.00 bits per heavy atom. The number of hydrogen-bond donors (Lipinski definition) is 1. The van der Waals surface area contributed by atoms with Gasteiger partial charge in [0.05, 0.1) is 0 Å². The molecule has 3 nitrogen and oxygen atoms in total. The lowest BCUT2D eigenvalue weighted by atomic mass is 10.1. The van der Waals surface area contributed by atoms with E-state index in [4.69, 9.17) is 11.6 Å². The van der Waals surface area contributed by atoms with Crippen molar-refractivity contribution < 1.29 is 4.79 Å². The van der Waals surface area contributed by atoms with E-state index in [0.29, 0.717) is 10.7 Å². The lowest BCUT2D eigenvalue weighted by Crippen LogP contribution is -2.13. The number of nitrogens with zero attached hydrogens (tertiary/aromatic N) is 1. The van der Waals surface area contributed by atoms with Crippen molar-refractivity contribution in [2.24, 2.45) is 0 Å². The number of halogens is 1. The van der Waals surface area contributed by atoms with Crippen LogP contribution in [-0.2, 0) is 4.79 Å². The lowest BCUT2D eigenvalue weighted by Gasteiger charge is -2.05. The molecule has 0 aromatic heterocycles. The molecule has 0 unspecified atom stereocenters. The Hall–Kier alpha value is -2.57. The monoisotopic (exact) mass is 296 g/mol. The molecular formula is C17H13ClN2O. The third-order valence-corrected chi connectivity index (χ3v) is 3.17. The normalized spacial score (nSPS) is 10.8. The van der Waals surface area contributed by atoms with Gasteiger partial charge in [-0.1, -0.05) is 41.9 Å². The van der Waals surface area contributed by atoms with Gasteiger partial charge in [0.15, 0.2) is 0 Å². The zero-order valence-corrected chi connectivity index (χ0v) is 12.2. The molecule has 2 aromatic carbocycles. The van der Waals surface area contributed by atoms with E-state index in [1.165, 1.54) is 0 Å². The summed E-state index contributed by atoms with van der Waals surface area (Å²) in [6, 6.07) is 16.3. The van der Waals surface area contributed by atoms with Crippen molar-refractivity contribution in [3.05, 3.63) is 70.3 Å². The zero-order valence-electron chi connectivity index (χ0n) is 11.4. The van der Waals surface area contributed by atoms with Crippen molar-refractivity contribution in [3.63, 3.8) is 0 Å². The predicted octanol–water partition coefficient (Wildman–Crippen LogP) is 4.19. The molecule has 0 spiro atoms. The predicted molar refractivity (Wildman–Crippen MR) is 84.9 cm³/mol. The van der Waals surface area contributed by atoms with E-state index in [-0.39, 0.29) is 5.57 Å². The summed E-state index contributed by atoms with van der Waals surface area (Å²) < 4.78 is 0. The third-order valence-electron chi connectivity index (χ3n) is 2.94. The summed E-state index contributed by atoms with van der Waals surface area (Å²) in [6.07, 6.45) is 1.58. The molecule has 0 atom stereocenters. The number of carbonyl (C=O) groups is 1. The molecule has 0 saturated carbocycles. The largest absolute Gasteiger partial charge is 0.321 e. The van der Waals surface area contributed by atoms with E-state index in [2.05, 4.69) is 5.32 Å². The molecule has 4 heteroatoms. The summed E-state index contributed by atoms with van der Waals surface area (Å²) in [5.41, 5.74) is 2.44. The van der Waals surface area contributed by atoms with E-state index in [1.807, 2.05) is 37.3 Å². The topological polar surface area (TPSA) is 52.9 Å². The fraction of sp³-hybridized carbons (Fsp3) is 0.0588. The van der Waals surface area contributed by atoms with Crippen LogP contribution in [0, 0.1) is 18.3 Å². The summed E-state index contributed by atoms with van der Waals surface area (Å²) in [4.78, 5) is 12.1. The minimum atomic E-state index is -0.456. The van der Waals surface area contributed by atoms with Gasteiger partial charge >= 0.3 is 0 Å². The van der Waals surface area contributed by atoms with Gasteiger partial charge < -0.3 is 5.32 Å². The molecule has 0 aliphatic carbocycles. The maximum Gasteiger partial charge on any atom is 0.266 e. The van der Waals surface area contributed by atoms with Gasteiger partial charge in [-0.3, -0.25) is 4.79 Å². The average Bonchev–Trinajstić information content (AvgIpc) is 2.46. The fourth-order valence-corrected chi connectivity index (χ4v) is 2.01. The highest BCUT2D eigenvalue weighted by molar-refractivity contribution is 6.31. The smallest absolute Gasteiger partial charge is 0.266 e. The van der Waals surface area contributed by atoms with Gasteiger partial charge in [-0.25, -0.2) is 0 Å². The first-order valence-electron chi connectivity index (χ1n) is 6.34. The standard InChI is InChI=1S/C17H13ClN2O/c1-12-5-2-3-6-13(12)9-14(11-19)17(21)20-16-8-4-7-15(18)10-16/h2-10H,1H3,(H,20,21)/b14-9+. The first kappa shape index (κ1) is 14.8. The molecule has 21 heavy (non-hydrogen) atoms. The van der Waals surface area contributed by atoms with E-state index in [0.717, 1.165) is 11.1 Å². The van der Waals surface area contributed by atoms with Crippen LogP contribution in [0.2, 0.25) is 5.02 Å². The molecule has 2 aromatic rings. The maximum absolute atomic E-state index is 12.1. The van der Waals surface area contributed by atoms with Gasteiger partial charge in [0, 0.05) is 10.7 Å². The minimum absolute atomic E-state index is 0.0456. The van der Waals surface area contributed by atoms with E-state index < -0.39 is 5.91 Å². The molecule has 0 heterocycles. The molecule has 1 amide bonds. The van der Waals surface area contributed by atoms with Gasteiger partial charge in [0.2, 0.25) is 0 Å². The number of hydrogen-bond acceptors (Lipinski definition) is 2. The summed E-state index contributed by atoms with van der Waals surface area (Å²) in [5, 5.41) is 12.4. The molecule has 0 aliphatic heterocycles. The van der Waals surface area contributed by atoms with Crippen LogP contribution in [0.25, 0.3) is 6.08 Å². The summed E-state index contributed by atoms with van der Waals surface area (Å²) in [5.74, 6) is -0.456. The van der Waals surface area contributed by atoms with Crippen LogP contribution in [0.3, 0.4) is 0 Å². The number of rotatable bonds is 3. The van der Waals surface area contributed by atoms with Gasteiger partial charge in [-0.15, -0.1) is 0 Å². The van der Waals surface area contributed by atoms with Crippen LogP contribution < -0.4 is 5.32 Å². The van der Waals surface area contributed by atoms with Crippen LogP contribution in [0.1, 0.15) is 11.1 Å². The van der Waals surface area contributed by atoms with Crippen molar-refractivity contribution in [2.75, 3.05) is 5.32 Å². The third kappa shape index (κ3) is 3.95. The number of benzene rings is 2. The highest BCUT2D eigenvalue weighted by atomic mass is 35.5. The Kier molecular flexibility index (Phi) is 4.76. The van der Waals surface area contributed by atoms with Gasteiger partial charge in [-0.05, 0) is 42.3 Å². The van der Waals surface area contributed by atoms with Gasteiger partial charge in [0.1, 0.15) is 11.6 Å². The Bertz CT molecular complexity index is 744. The van der Waals surface area contributed by atoms with Crippen molar-refractivity contribution in [1.82, 2.24) is 0 Å². The Labute approximate surface area is 128 Å². The number of amides is 1. The summed E-state index contributed by atoms with van der Waals surface area (Å²) in [6.45, 7) is 1.93. The number of nitrogens with one attached hydrogen (secondary N) is 1. The second-order valence-electron chi connectivity index (χ2n) is 4.49. The molecule has 2 rings (SSSR count). The zero-order chi connectivity index (χ0) is 15.2. The van der Waals surface area contributed by atoms with Crippen LogP contribution in [0.15, 0.2) is 54.1 Å².